The van der Waals surface area contributed by atoms with Crippen LogP contribution in [0.3, 0.4) is 0 Å². The highest BCUT2D eigenvalue weighted by Gasteiger charge is 2.36. The molecule has 4 rings (SSSR count). The van der Waals surface area contributed by atoms with Crippen LogP contribution in [0.4, 0.5) is 4.39 Å². The van der Waals surface area contributed by atoms with Crippen molar-refractivity contribution in [1.29, 1.82) is 0 Å². The highest BCUT2D eigenvalue weighted by Crippen LogP contribution is 2.33. The van der Waals surface area contributed by atoms with E-state index >= 15 is 0 Å². The van der Waals surface area contributed by atoms with Crippen LogP contribution in [0.2, 0.25) is 0 Å². The first-order valence-electron chi connectivity index (χ1n) is 7.88. The molecule has 2 aliphatic rings. The molecular weight excluding hydrogens is 305 g/mol. The van der Waals surface area contributed by atoms with Crippen LogP contribution >= 0.6 is 0 Å². The molecule has 2 aliphatic heterocycles. The molecule has 0 radical (unpaired) electrons. The molecule has 2 heterocycles. The lowest BCUT2D eigenvalue weighted by atomic mass is 9.92. The lowest BCUT2D eigenvalue weighted by Gasteiger charge is -2.17. The number of amides is 1. The van der Waals surface area contributed by atoms with E-state index in [0.29, 0.717) is 18.8 Å². The van der Waals surface area contributed by atoms with E-state index in [1.165, 1.54) is 12.1 Å². The van der Waals surface area contributed by atoms with Crippen molar-refractivity contribution >= 4 is 11.6 Å². The summed E-state index contributed by atoms with van der Waals surface area (Å²) < 4.78 is 13.3. The fraction of sp³-hybridized carbons (Fsp3) is 0.158. The third-order valence-electron chi connectivity index (χ3n) is 4.25. The maximum absolute atomic E-state index is 13.3. The van der Waals surface area contributed by atoms with Gasteiger partial charge < -0.3 is 10.6 Å². The van der Waals surface area contributed by atoms with Crippen LogP contribution in [0.15, 0.2) is 70.9 Å². The van der Waals surface area contributed by atoms with Crippen molar-refractivity contribution < 1.29 is 9.18 Å². The first kappa shape index (κ1) is 14.6. The minimum atomic E-state index is -0.336. The summed E-state index contributed by atoms with van der Waals surface area (Å²) >= 11 is 0. The molecule has 0 aromatic heterocycles. The summed E-state index contributed by atoms with van der Waals surface area (Å²) in [5.41, 5.74) is 4.00. The van der Waals surface area contributed by atoms with Crippen LogP contribution in [-0.4, -0.2) is 24.7 Å². The lowest BCUT2D eigenvalue weighted by molar-refractivity contribution is -0.117. The van der Waals surface area contributed by atoms with E-state index in [1.807, 2.05) is 30.3 Å². The predicted octanol–water partition coefficient (Wildman–Crippen LogP) is 2.34. The summed E-state index contributed by atoms with van der Waals surface area (Å²) in [7, 11) is 0. The Morgan fingerprint density at radius 2 is 1.79 bits per heavy atom. The zero-order valence-electron chi connectivity index (χ0n) is 12.9. The number of nitrogens with one attached hydrogen (secondary N) is 2. The van der Waals surface area contributed by atoms with E-state index in [2.05, 4.69) is 10.6 Å². The Kier molecular flexibility index (Phi) is 3.61. The van der Waals surface area contributed by atoms with Gasteiger partial charge in [0, 0.05) is 17.7 Å². The van der Waals surface area contributed by atoms with Crippen molar-refractivity contribution in [2.75, 3.05) is 13.1 Å². The molecule has 2 aromatic carbocycles. The fourth-order valence-corrected chi connectivity index (χ4v) is 3.15. The van der Waals surface area contributed by atoms with Crippen LogP contribution in [0.1, 0.15) is 17.2 Å². The average Bonchev–Trinajstić information content (AvgIpc) is 2.80. The van der Waals surface area contributed by atoms with E-state index in [1.54, 1.807) is 12.1 Å². The van der Waals surface area contributed by atoms with E-state index < -0.39 is 0 Å². The third-order valence-corrected chi connectivity index (χ3v) is 4.25. The summed E-state index contributed by atoms with van der Waals surface area (Å²) in [6.07, 6.45) is 0. The Bertz CT molecular complexity index is 841. The van der Waals surface area contributed by atoms with Crippen molar-refractivity contribution in [3.63, 3.8) is 0 Å². The molecule has 0 saturated carbocycles. The van der Waals surface area contributed by atoms with Crippen LogP contribution < -0.4 is 10.6 Å². The lowest BCUT2D eigenvalue weighted by Crippen LogP contribution is -2.28. The maximum Gasteiger partial charge on any atom is 0.268 e. The zero-order valence-corrected chi connectivity index (χ0v) is 12.9. The Morgan fingerprint density at radius 3 is 2.54 bits per heavy atom. The van der Waals surface area contributed by atoms with Gasteiger partial charge in [-0.2, -0.15) is 0 Å². The van der Waals surface area contributed by atoms with Crippen molar-refractivity contribution in [1.82, 2.24) is 10.6 Å². The molecule has 0 fully saturated rings. The number of carbonyl (C=O) groups excluding carboxylic acids is 1. The minimum Gasteiger partial charge on any atom is -0.378 e. The van der Waals surface area contributed by atoms with Gasteiger partial charge >= 0.3 is 0 Å². The zero-order chi connectivity index (χ0) is 16.5. The average molecular weight is 321 g/mol. The van der Waals surface area contributed by atoms with Crippen LogP contribution in [0.25, 0.3) is 0 Å². The normalized spacial score (nSPS) is 20.0. The number of benzene rings is 2. The Hall–Kier alpha value is -2.95. The fourth-order valence-electron chi connectivity index (χ4n) is 3.15. The number of hydrogen-bond acceptors (Lipinski definition) is 3. The molecule has 1 atom stereocenters. The van der Waals surface area contributed by atoms with Gasteiger partial charge in [0.25, 0.3) is 5.91 Å². The molecule has 24 heavy (non-hydrogen) atoms. The SMILES string of the molecule is O=C1NC(c2ccc(F)cc2)C2=C1NCCN=C2c1ccccc1. The van der Waals surface area contributed by atoms with Gasteiger partial charge in [-0.25, -0.2) is 4.39 Å². The number of nitrogens with zero attached hydrogens (tertiary/aromatic N) is 1. The number of rotatable bonds is 2. The van der Waals surface area contributed by atoms with Gasteiger partial charge in [-0.3, -0.25) is 9.79 Å². The number of aliphatic imine (C=N–C) groups is 1. The van der Waals surface area contributed by atoms with E-state index in [-0.39, 0.29) is 17.8 Å². The smallest absolute Gasteiger partial charge is 0.268 e. The summed E-state index contributed by atoms with van der Waals surface area (Å²) in [6.45, 7) is 1.21. The molecule has 2 aromatic rings. The topological polar surface area (TPSA) is 53.5 Å². The Labute approximate surface area is 139 Å². The van der Waals surface area contributed by atoms with Crippen molar-refractivity contribution in [2.24, 2.45) is 4.99 Å². The number of halogens is 1. The molecule has 0 spiro atoms. The minimum absolute atomic E-state index is 0.148. The number of carbonyl (C=O) groups is 1. The van der Waals surface area contributed by atoms with Gasteiger partial charge in [-0.15, -0.1) is 0 Å². The van der Waals surface area contributed by atoms with E-state index in [4.69, 9.17) is 4.99 Å². The molecule has 1 unspecified atom stereocenters. The van der Waals surface area contributed by atoms with E-state index in [9.17, 15) is 9.18 Å². The summed E-state index contributed by atoms with van der Waals surface area (Å²) in [4.78, 5) is 17.1. The van der Waals surface area contributed by atoms with Gasteiger partial charge in [-0.05, 0) is 17.7 Å². The molecule has 1 amide bonds. The molecular formula is C19H16FN3O. The summed E-state index contributed by atoms with van der Waals surface area (Å²) in [5, 5.41) is 6.16. The molecule has 2 N–H and O–H groups in total. The predicted molar refractivity (Wildman–Crippen MR) is 90.2 cm³/mol. The Morgan fingerprint density at radius 1 is 1.04 bits per heavy atom. The molecule has 0 aliphatic carbocycles. The molecule has 0 saturated heterocycles. The molecule has 4 nitrogen and oxygen atoms in total. The second-order valence-electron chi connectivity index (χ2n) is 5.77. The first-order valence-corrected chi connectivity index (χ1v) is 7.88. The van der Waals surface area contributed by atoms with Gasteiger partial charge in [0.1, 0.15) is 11.5 Å². The second-order valence-corrected chi connectivity index (χ2v) is 5.77. The second kappa shape index (κ2) is 5.92. The van der Waals surface area contributed by atoms with Gasteiger partial charge in [0.15, 0.2) is 0 Å². The standard InChI is InChI=1S/C19H16FN3O/c20-14-8-6-13(7-9-14)17-15-16(12-4-2-1-3-5-12)21-10-11-22-18(15)19(24)23-17/h1-9,17,22H,10-11H2,(H,23,24). The van der Waals surface area contributed by atoms with Crippen LogP contribution in [0.5, 0.6) is 0 Å². The summed E-state index contributed by atoms with van der Waals surface area (Å²) in [6, 6.07) is 15.7. The highest BCUT2D eigenvalue weighted by molar-refractivity contribution is 6.19. The summed E-state index contributed by atoms with van der Waals surface area (Å²) in [5.74, 6) is -0.446. The van der Waals surface area contributed by atoms with Crippen LogP contribution in [-0.2, 0) is 4.79 Å². The van der Waals surface area contributed by atoms with Crippen LogP contribution in [0, 0.1) is 5.82 Å². The molecule has 5 heteroatoms. The largest absolute Gasteiger partial charge is 0.378 e. The molecule has 120 valence electrons. The quantitative estimate of drug-likeness (QED) is 0.892. The number of hydrogen-bond donors (Lipinski definition) is 2. The van der Waals surface area contributed by atoms with Gasteiger partial charge in [-0.1, -0.05) is 42.5 Å². The van der Waals surface area contributed by atoms with Crippen molar-refractivity contribution in [2.45, 2.75) is 6.04 Å². The third kappa shape index (κ3) is 2.48. The maximum atomic E-state index is 13.3. The van der Waals surface area contributed by atoms with E-state index in [0.717, 1.165) is 22.4 Å². The van der Waals surface area contributed by atoms with Crippen molar-refractivity contribution in [3.8, 4) is 0 Å². The molecule has 0 bridgehead atoms. The van der Waals surface area contributed by atoms with Gasteiger partial charge in [0.2, 0.25) is 0 Å². The first-order chi connectivity index (χ1) is 11.7. The van der Waals surface area contributed by atoms with Crippen molar-refractivity contribution in [3.05, 3.63) is 82.8 Å². The highest BCUT2D eigenvalue weighted by atomic mass is 19.1. The monoisotopic (exact) mass is 321 g/mol. The Balaban J connectivity index is 1.84. The van der Waals surface area contributed by atoms with Gasteiger partial charge in [0.05, 0.1) is 18.3 Å².